The maximum Gasteiger partial charge on any atom is 0.271 e. The Bertz CT molecular complexity index is 918. The van der Waals surface area contributed by atoms with Crippen LogP contribution in [0.5, 0.6) is 11.5 Å². The van der Waals surface area contributed by atoms with Gasteiger partial charge in [0, 0.05) is 30.1 Å². The number of nitro groups is 1. The van der Waals surface area contributed by atoms with Crippen LogP contribution < -0.4 is 15.4 Å². The van der Waals surface area contributed by atoms with Gasteiger partial charge in [-0.3, -0.25) is 14.9 Å². The summed E-state index contributed by atoms with van der Waals surface area (Å²) >= 11 is 0. The minimum absolute atomic E-state index is 0.0373. The zero-order valence-corrected chi connectivity index (χ0v) is 13.6. The number of hydrogen-bond acceptors (Lipinski definition) is 7. The summed E-state index contributed by atoms with van der Waals surface area (Å²) < 4.78 is 5.09. The molecular formula is C17H14N4O5. The van der Waals surface area contributed by atoms with Gasteiger partial charge in [0.25, 0.3) is 11.6 Å². The Labute approximate surface area is 148 Å². The van der Waals surface area contributed by atoms with Crippen molar-refractivity contribution in [2.45, 2.75) is 0 Å². The monoisotopic (exact) mass is 354 g/mol. The molecule has 0 bridgehead atoms. The average Bonchev–Trinajstić information content (AvgIpc) is 2.62. The molecule has 0 atom stereocenters. The van der Waals surface area contributed by atoms with Crippen LogP contribution in [0.2, 0.25) is 0 Å². The van der Waals surface area contributed by atoms with Crippen molar-refractivity contribution in [3.05, 3.63) is 64.4 Å². The van der Waals surface area contributed by atoms with Crippen molar-refractivity contribution in [1.82, 2.24) is 0 Å². The maximum absolute atomic E-state index is 12.1. The van der Waals surface area contributed by atoms with Crippen LogP contribution in [0.1, 0.15) is 0 Å². The molecule has 0 saturated heterocycles. The second-order valence-electron chi connectivity index (χ2n) is 4.96. The van der Waals surface area contributed by atoms with Crippen LogP contribution >= 0.6 is 0 Å². The summed E-state index contributed by atoms with van der Waals surface area (Å²) in [7, 11) is 1.38. The van der Waals surface area contributed by atoms with E-state index < -0.39 is 10.8 Å². The van der Waals surface area contributed by atoms with Gasteiger partial charge in [-0.1, -0.05) is 6.07 Å². The first-order chi connectivity index (χ1) is 12.4. The fraction of sp³-hybridized carbons (Fsp3) is 0.0588. The number of phenolic OH excluding ortho intramolecular Hbond substituents is 1. The molecule has 26 heavy (non-hydrogen) atoms. The van der Waals surface area contributed by atoms with Crippen molar-refractivity contribution < 1.29 is 19.6 Å². The first kappa shape index (κ1) is 18.3. The van der Waals surface area contributed by atoms with E-state index in [-0.39, 0.29) is 22.7 Å². The number of nitrogens with one attached hydrogen (secondary N) is 2. The van der Waals surface area contributed by atoms with Gasteiger partial charge >= 0.3 is 0 Å². The van der Waals surface area contributed by atoms with Crippen LogP contribution in [0, 0.1) is 21.4 Å². The molecule has 0 aliphatic heterocycles. The SMILES string of the molecule is COc1ccc([N+](=O)[O-])cc1N/C=C(/C#N)C(=O)Nc1cccc(O)c1. The summed E-state index contributed by atoms with van der Waals surface area (Å²) in [5.41, 5.74) is 0.0787. The number of hydrogen-bond donors (Lipinski definition) is 3. The highest BCUT2D eigenvalue weighted by Gasteiger charge is 2.13. The van der Waals surface area contributed by atoms with E-state index in [1.54, 1.807) is 12.1 Å². The molecule has 0 aliphatic carbocycles. The molecule has 2 aromatic carbocycles. The fourth-order valence-electron chi connectivity index (χ4n) is 2.00. The standard InChI is InChI=1S/C17H14N4O5/c1-26-16-6-5-13(21(24)25)8-15(16)19-10-11(9-18)17(23)20-12-3-2-4-14(22)7-12/h2-8,10,19,22H,1H3,(H,20,23)/b11-10-. The molecule has 0 spiro atoms. The zero-order valence-electron chi connectivity index (χ0n) is 13.6. The van der Waals surface area contributed by atoms with E-state index in [0.717, 1.165) is 6.20 Å². The Morgan fingerprint density at radius 2 is 2.12 bits per heavy atom. The molecule has 3 N–H and O–H groups in total. The van der Waals surface area contributed by atoms with Gasteiger partial charge < -0.3 is 20.5 Å². The number of nitriles is 1. The third-order valence-corrected chi connectivity index (χ3v) is 3.23. The second kappa shape index (κ2) is 8.16. The van der Waals surface area contributed by atoms with Crippen molar-refractivity contribution in [3.63, 3.8) is 0 Å². The number of nitrogens with zero attached hydrogens (tertiary/aromatic N) is 2. The predicted octanol–water partition coefficient (Wildman–Crippen LogP) is 2.77. The van der Waals surface area contributed by atoms with E-state index in [9.17, 15) is 20.0 Å². The molecule has 1 amide bonds. The number of anilines is 2. The molecule has 0 unspecified atom stereocenters. The van der Waals surface area contributed by atoms with Gasteiger partial charge in [0.1, 0.15) is 23.1 Å². The second-order valence-corrected chi connectivity index (χ2v) is 4.96. The predicted molar refractivity (Wildman–Crippen MR) is 93.7 cm³/mol. The Morgan fingerprint density at radius 3 is 2.73 bits per heavy atom. The lowest BCUT2D eigenvalue weighted by atomic mass is 10.2. The van der Waals surface area contributed by atoms with Crippen LogP contribution in [-0.2, 0) is 4.79 Å². The lowest BCUT2D eigenvalue weighted by Gasteiger charge is -2.09. The lowest BCUT2D eigenvalue weighted by Crippen LogP contribution is -2.14. The summed E-state index contributed by atoms with van der Waals surface area (Å²) in [4.78, 5) is 22.4. The normalized spacial score (nSPS) is 10.5. The third kappa shape index (κ3) is 4.48. The van der Waals surface area contributed by atoms with E-state index >= 15 is 0 Å². The highest BCUT2D eigenvalue weighted by Crippen LogP contribution is 2.29. The summed E-state index contributed by atoms with van der Waals surface area (Å²) in [5.74, 6) is -0.447. The number of nitro benzene ring substituents is 1. The van der Waals surface area contributed by atoms with Gasteiger partial charge in [0.15, 0.2) is 0 Å². The largest absolute Gasteiger partial charge is 0.508 e. The van der Waals surface area contributed by atoms with Crippen LogP contribution in [0.4, 0.5) is 17.1 Å². The molecule has 0 radical (unpaired) electrons. The molecule has 0 saturated carbocycles. The highest BCUT2D eigenvalue weighted by atomic mass is 16.6. The zero-order chi connectivity index (χ0) is 19.1. The van der Waals surface area contributed by atoms with Gasteiger partial charge in [0.2, 0.25) is 0 Å². The molecular weight excluding hydrogens is 340 g/mol. The summed E-state index contributed by atoms with van der Waals surface area (Å²) in [6.07, 6.45) is 1.11. The third-order valence-electron chi connectivity index (χ3n) is 3.23. The molecule has 9 nitrogen and oxygen atoms in total. The fourth-order valence-corrected chi connectivity index (χ4v) is 2.00. The van der Waals surface area contributed by atoms with Gasteiger partial charge in [-0.25, -0.2) is 0 Å². The lowest BCUT2D eigenvalue weighted by molar-refractivity contribution is -0.384. The first-order valence-corrected chi connectivity index (χ1v) is 7.24. The van der Waals surface area contributed by atoms with E-state index in [4.69, 9.17) is 10.00 Å². The van der Waals surface area contributed by atoms with Crippen molar-refractivity contribution in [1.29, 1.82) is 5.26 Å². The van der Waals surface area contributed by atoms with Crippen LogP contribution in [0.3, 0.4) is 0 Å². The molecule has 2 aromatic rings. The van der Waals surface area contributed by atoms with E-state index in [0.29, 0.717) is 11.4 Å². The number of methoxy groups -OCH3 is 1. The number of phenols is 1. The number of benzene rings is 2. The smallest absolute Gasteiger partial charge is 0.271 e. The Hall–Kier alpha value is -4.06. The van der Waals surface area contributed by atoms with Crippen molar-refractivity contribution >= 4 is 23.0 Å². The molecule has 0 fully saturated rings. The number of ether oxygens (including phenoxy) is 1. The Kier molecular flexibility index (Phi) is 5.74. The molecule has 0 aliphatic rings. The van der Waals surface area contributed by atoms with Gasteiger partial charge in [0.05, 0.1) is 17.7 Å². The van der Waals surface area contributed by atoms with E-state index in [1.165, 1.54) is 43.5 Å². The molecule has 2 rings (SSSR count). The van der Waals surface area contributed by atoms with Gasteiger partial charge in [-0.2, -0.15) is 5.26 Å². The number of carbonyl (C=O) groups excluding carboxylic acids is 1. The topological polar surface area (TPSA) is 138 Å². The maximum atomic E-state index is 12.1. The Balaban J connectivity index is 2.21. The minimum Gasteiger partial charge on any atom is -0.508 e. The van der Waals surface area contributed by atoms with Crippen LogP contribution in [-0.4, -0.2) is 23.0 Å². The van der Waals surface area contributed by atoms with Crippen molar-refractivity contribution in [2.75, 3.05) is 17.7 Å². The Morgan fingerprint density at radius 1 is 1.35 bits per heavy atom. The van der Waals surface area contributed by atoms with Crippen LogP contribution in [0.25, 0.3) is 0 Å². The first-order valence-electron chi connectivity index (χ1n) is 7.24. The molecule has 0 heterocycles. The van der Waals surface area contributed by atoms with Gasteiger partial charge in [-0.05, 0) is 18.2 Å². The van der Waals surface area contributed by atoms with E-state index in [2.05, 4.69) is 10.6 Å². The number of amides is 1. The number of carbonyl (C=O) groups is 1. The minimum atomic E-state index is -0.713. The van der Waals surface area contributed by atoms with E-state index in [1.807, 2.05) is 0 Å². The number of aromatic hydroxyl groups is 1. The average molecular weight is 354 g/mol. The number of rotatable bonds is 6. The highest BCUT2D eigenvalue weighted by molar-refractivity contribution is 6.06. The quantitative estimate of drug-likeness (QED) is 0.314. The van der Waals surface area contributed by atoms with Crippen molar-refractivity contribution in [2.24, 2.45) is 0 Å². The summed E-state index contributed by atoms with van der Waals surface area (Å²) in [6.45, 7) is 0. The van der Waals surface area contributed by atoms with Crippen molar-refractivity contribution in [3.8, 4) is 17.6 Å². The molecule has 132 valence electrons. The molecule has 0 aromatic heterocycles. The molecule has 9 heteroatoms. The van der Waals surface area contributed by atoms with Gasteiger partial charge in [-0.15, -0.1) is 0 Å². The summed E-state index contributed by atoms with van der Waals surface area (Å²) in [6, 6.07) is 11.5. The number of non-ortho nitro benzene ring substituents is 1. The van der Waals surface area contributed by atoms with Crippen LogP contribution in [0.15, 0.2) is 54.2 Å². The summed E-state index contributed by atoms with van der Waals surface area (Å²) in [5, 5.41) is 34.6.